The highest BCUT2D eigenvalue weighted by molar-refractivity contribution is 7.22. The Labute approximate surface area is 98.6 Å². The molecule has 82 valence electrons. The largest absolute Gasteiger partial charge is 0.365 e. The van der Waals surface area contributed by atoms with E-state index in [1.54, 1.807) is 6.07 Å². The molecule has 0 saturated carbocycles. The molecule has 1 amide bonds. The lowest BCUT2D eigenvalue weighted by molar-refractivity contribution is -0.382. The second kappa shape index (κ2) is 3.73. The molecule has 2 aromatic rings. The molecule has 0 unspecified atom stereocenters. The molecular formula is C9H5ClN2O3S. The van der Waals surface area contributed by atoms with Crippen LogP contribution in [0.15, 0.2) is 18.2 Å². The fourth-order valence-corrected chi connectivity index (χ4v) is 2.83. The first-order chi connectivity index (χ1) is 7.52. The zero-order chi connectivity index (χ0) is 11.9. The Morgan fingerprint density at radius 2 is 2.19 bits per heavy atom. The van der Waals surface area contributed by atoms with Gasteiger partial charge in [0.1, 0.15) is 9.58 Å². The zero-order valence-corrected chi connectivity index (χ0v) is 9.34. The van der Waals surface area contributed by atoms with E-state index in [9.17, 15) is 14.9 Å². The van der Waals surface area contributed by atoms with Crippen molar-refractivity contribution in [1.82, 2.24) is 0 Å². The first-order valence-electron chi connectivity index (χ1n) is 4.17. The SMILES string of the molecule is NC(=O)c1sc2c([N+](=O)[O-])cccc2c1Cl. The van der Waals surface area contributed by atoms with Gasteiger partial charge in [0.05, 0.1) is 9.95 Å². The van der Waals surface area contributed by atoms with E-state index in [1.807, 2.05) is 0 Å². The highest BCUT2D eigenvalue weighted by Gasteiger charge is 2.20. The molecule has 0 aliphatic heterocycles. The predicted molar refractivity (Wildman–Crippen MR) is 62.0 cm³/mol. The molecule has 0 radical (unpaired) electrons. The number of nitro groups is 1. The molecule has 1 aromatic carbocycles. The van der Waals surface area contributed by atoms with Crippen LogP contribution in [0.1, 0.15) is 9.67 Å². The van der Waals surface area contributed by atoms with Crippen molar-refractivity contribution < 1.29 is 9.72 Å². The summed E-state index contributed by atoms with van der Waals surface area (Å²) in [6.07, 6.45) is 0. The number of nitrogens with zero attached hydrogens (tertiary/aromatic N) is 1. The predicted octanol–water partition coefficient (Wildman–Crippen LogP) is 2.56. The van der Waals surface area contributed by atoms with Crippen LogP contribution in [0.3, 0.4) is 0 Å². The summed E-state index contributed by atoms with van der Waals surface area (Å²) in [6.45, 7) is 0. The second-order valence-corrected chi connectivity index (χ2v) is 4.42. The summed E-state index contributed by atoms with van der Waals surface area (Å²) in [6, 6.07) is 4.50. The van der Waals surface area contributed by atoms with E-state index in [2.05, 4.69) is 0 Å². The number of hydrogen-bond acceptors (Lipinski definition) is 4. The van der Waals surface area contributed by atoms with Crippen LogP contribution in [-0.2, 0) is 0 Å². The molecule has 0 fully saturated rings. The molecule has 1 aromatic heterocycles. The molecule has 1 heterocycles. The third-order valence-electron chi connectivity index (χ3n) is 2.05. The van der Waals surface area contributed by atoms with Crippen molar-refractivity contribution >= 4 is 44.6 Å². The van der Waals surface area contributed by atoms with Crippen LogP contribution < -0.4 is 5.73 Å². The molecule has 5 nitrogen and oxygen atoms in total. The molecule has 2 rings (SSSR count). The fourth-order valence-electron chi connectivity index (χ4n) is 1.38. The molecule has 0 bridgehead atoms. The van der Waals surface area contributed by atoms with E-state index in [-0.39, 0.29) is 15.6 Å². The normalized spacial score (nSPS) is 10.6. The summed E-state index contributed by atoms with van der Waals surface area (Å²) in [5.74, 6) is -0.680. The number of nitrogens with two attached hydrogens (primary N) is 1. The van der Waals surface area contributed by atoms with Gasteiger partial charge >= 0.3 is 0 Å². The summed E-state index contributed by atoms with van der Waals surface area (Å²) in [5.41, 5.74) is 5.05. The number of thiophene rings is 1. The Morgan fingerprint density at radius 1 is 1.50 bits per heavy atom. The fraction of sp³-hybridized carbons (Fsp3) is 0. The molecule has 0 aliphatic carbocycles. The molecule has 0 spiro atoms. The average molecular weight is 257 g/mol. The standard InChI is InChI=1S/C9H5ClN2O3S/c10-6-4-2-1-3-5(12(14)15)7(4)16-8(6)9(11)13/h1-3H,(H2,11,13). The van der Waals surface area contributed by atoms with E-state index in [0.717, 1.165) is 11.3 Å². The minimum absolute atomic E-state index is 0.0723. The van der Waals surface area contributed by atoms with Crippen LogP contribution >= 0.6 is 22.9 Å². The average Bonchev–Trinajstić information content (AvgIpc) is 2.56. The van der Waals surface area contributed by atoms with Gasteiger partial charge in [-0.2, -0.15) is 0 Å². The van der Waals surface area contributed by atoms with E-state index in [1.165, 1.54) is 12.1 Å². The minimum atomic E-state index is -0.680. The number of halogens is 1. The lowest BCUT2D eigenvalue weighted by Crippen LogP contribution is -2.08. The van der Waals surface area contributed by atoms with Gasteiger partial charge in [0.25, 0.3) is 11.6 Å². The van der Waals surface area contributed by atoms with Crippen LogP contribution in [0.5, 0.6) is 0 Å². The number of carbonyl (C=O) groups is 1. The second-order valence-electron chi connectivity index (χ2n) is 3.02. The van der Waals surface area contributed by atoms with Crippen molar-refractivity contribution in [3.63, 3.8) is 0 Å². The summed E-state index contributed by atoms with van der Waals surface area (Å²) >= 11 is 6.85. The molecule has 7 heteroatoms. The molecular weight excluding hydrogens is 252 g/mol. The van der Waals surface area contributed by atoms with Gasteiger partial charge in [-0.3, -0.25) is 14.9 Å². The van der Waals surface area contributed by atoms with Crippen LogP contribution in [0.2, 0.25) is 5.02 Å². The first-order valence-corrected chi connectivity index (χ1v) is 5.37. The van der Waals surface area contributed by atoms with Crippen molar-refractivity contribution in [2.45, 2.75) is 0 Å². The van der Waals surface area contributed by atoms with Gasteiger partial charge in [0.2, 0.25) is 0 Å². The van der Waals surface area contributed by atoms with E-state index in [0.29, 0.717) is 10.1 Å². The third kappa shape index (κ3) is 1.52. The lowest BCUT2D eigenvalue weighted by Gasteiger charge is -1.92. The van der Waals surface area contributed by atoms with Crippen molar-refractivity contribution in [2.75, 3.05) is 0 Å². The number of hydrogen-bond donors (Lipinski definition) is 1. The van der Waals surface area contributed by atoms with Gasteiger partial charge in [-0.15, -0.1) is 11.3 Å². The molecule has 0 saturated heterocycles. The third-order valence-corrected chi connectivity index (χ3v) is 3.80. The molecule has 0 atom stereocenters. The molecule has 16 heavy (non-hydrogen) atoms. The number of amides is 1. The maximum atomic E-state index is 11.1. The van der Waals surface area contributed by atoms with Gasteiger partial charge < -0.3 is 5.73 Å². The maximum absolute atomic E-state index is 11.1. The number of carbonyl (C=O) groups excluding carboxylic acids is 1. The Morgan fingerprint density at radius 3 is 2.75 bits per heavy atom. The van der Waals surface area contributed by atoms with Gasteiger partial charge in [0.15, 0.2) is 0 Å². The van der Waals surface area contributed by atoms with Gasteiger partial charge in [-0.05, 0) is 0 Å². The van der Waals surface area contributed by atoms with Gasteiger partial charge in [0, 0.05) is 11.5 Å². The monoisotopic (exact) mass is 256 g/mol. The number of primary amides is 1. The van der Waals surface area contributed by atoms with Gasteiger partial charge in [-0.25, -0.2) is 0 Å². The van der Waals surface area contributed by atoms with Crippen molar-refractivity contribution in [3.8, 4) is 0 Å². The van der Waals surface area contributed by atoms with E-state index in [4.69, 9.17) is 17.3 Å². The topological polar surface area (TPSA) is 86.2 Å². The molecule has 2 N–H and O–H groups in total. The van der Waals surface area contributed by atoms with E-state index < -0.39 is 10.8 Å². The number of nitro benzene ring substituents is 1. The Hall–Kier alpha value is -1.66. The Bertz CT molecular complexity index is 608. The summed E-state index contributed by atoms with van der Waals surface area (Å²) in [4.78, 5) is 21.4. The summed E-state index contributed by atoms with van der Waals surface area (Å²) in [5, 5.41) is 11.4. The Balaban J connectivity index is 2.85. The van der Waals surface area contributed by atoms with Crippen LogP contribution in [0.4, 0.5) is 5.69 Å². The minimum Gasteiger partial charge on any atom is -0.365 e. The van der Waals surface area contributed by atoms with Crippen LogP contribution in [0.25, 0.3) is 10.1 Å². The lowest BCUT2D eigenvalue weighted by atomic mass is 10.2. The zero-order valence-electron chi connectivity index (χ0n) is 7.77. The highest BCUT2D eigenvalue weighted by Crippen LogP contribution is 2.39. The van der Waals surface area contributed by atoms with Crippen molar-refractivity contribution in [3.05, 3.63) is 38.2 Å². The summed E-state index contributed by atoms with van der Waals surface area (Å²) in [7, 11) is 0. The number of rotatable bonds is 2. The van der Waals surface area contributed by atoms with Gasteiger partial charge in [-0.1, -0.05) is 23.7 Å². The number of benzene rings is 1. The van der Waals surface area contributed by atoms with E-state index >= 15 is 0 Å². The quantitative estimate of drug-likeness (QED) is 0.662. The number of non-ortho nitro benzene ring substituents is 1. The summed E-state index contributed by atoms with van der Waals surface area (Å²) < 4.78 is 0.367. The van der Waals surface area contributed by atoms with Crippen LogP contribution in [-0.4, -0.2) is 10.8 Å². The number of fused-ring (bicyclic) bond motifs is 1. The molecule has 0 aliphatic rings. The van der Waals surface area contributed by atoms with Crippen molar-refractivity contribution in [2.24, 2.45) is 5.73 Å². The highest BCUT2D eigenvalue weighted by atomic mass is 35.5. The smallest absolute Gasteiger partial charge is 0.287 e. The maximum Gasteiger partial charge on any atom is 0.287 e. The van der Waals surface area contributed by atoms with Crippen LogP contribution in [0, 0.1) is 10.1 Å². The first kappa shape index (κ1) is 10.8. The van der Waals surface area contributed by atoms with Crippen molar-refractivity contribution in [1.29, 1.82) is 0 Å². The Kier molecular flexibility index (Phi) is 2.53.